The zero-order valence-corrected chi connectivity index (χ0v) is 8.92. The van der Waals surface area contributed by atoms with Crippen LogP contribution in [0.25, 0.3) is 0 Å². The van der Waals surface area contributed by atoms with Crippen LogP contribution in [0.1, 0.15) is 10.4 Å². The van der Waals surface area contributed by atoms with Crippen LogP contribution in [0.4, 0.5) is 5.69 Å². The maximum atomic E-state index is 8.74. The molecule has 74 valence electrons. The lowest BCUT2D eigenvalue weighted by atomic mass is 10.2. The first-order valence-corrected chi connectivity index (χ1v) is 5.53. The summed E-state index contributed by atoms with van der Waals surface area (Å²) in [6, 6.07) is 13.8. The molecule has 0 unspecified atom stereocenters. The Bertz CT molecular complexity index is 469. The highest BCUT2D eigenvalue weighted by Crippen LogP contribution is 2.14. The van der Waals surface area contributed by atoms with E-state index < -0.39 is 0 Å². The van der Waals surface area contributed by atoms with Crippen LogP contribution in [0, 0.1) is 11.3 Å². The molecule has 0 saturated carbocycles. The fraction of sp³-hybridized carbons (Fsp3) is 0.0833. The first kappa shape index (κ1) is 9.75. The number of nitrogens with zero attached hydrogens (tertiary/aromatic N) is 1. The Kier molecular flexibility index (Phi) is 3.01. The van der Waals surface area contributed by atoms with Crippen molar-refractivity contribution in [3.05, 3.63) is 52.2 Å². The van der Waals surface area contributed by atoms with Crippen molar-refractivity contribution < 1.29 is 0 Å². The van der Waals surface area contributed by atoms with E-state index in [1.54, 1.807) is 17.4 Å². The fourth-order valence-electron chi connectivity index (χ4n) is 1.30. The molecule has 0 aliphatic rings. The first-order valence-electron chi connectivity index (χ1n) is 4.65. The van der Waals surface area contributed by atoms with Gasteiger partial charge in [-0.05, 0) is 29.6 Å². The van der Waals surface area contributed by atoms with E-state index in [1.165, 1.54) is 4.88 Å². The van der Waals surface area contributed by atoms with E-state index in [9.17, 15) is 0 Å². The van der Waals surface area contributed by atoms with Gasteiger partial charge in [0.25, 0.3) is 0 Å². The number of nitrogens with one attached hydrogen (secondary N) is 1. The highest BCUT2D eigenvalue weighted by atomic mass is 32.1. The Hall–Kier alpha value is -1.79. The third-order valence-electron chi connectivity index (χ3n) is 2.04. The summed E-state index contributed by atoms with van der Waals surface area (Å²) in [7, 11) is 0. The van der Waals surface area contributed by atoms with Gasteiger partial charge >= 0.3 is 0 Å². The summed E-state index contributed by atoms with van der Waals surface area (Å²) < 4.78 is 0. The van der Waals surface area contributed by atoms with Gasteiger partial charge in [0, 0.05) is 17.1 Å². The van der Waals surface area contributed by atoms with Crippen molar-refractivity contribution in [3.63, 3.8) is 0 Å². The number of thiophene rings is 1. The van der Waals surface area contributed by atoms with Crippen molar-refractivity contribution in [1.82, 2.24) is 0 Å². The van der Waals surface area contributed by atoms with Crippen molar-refractivity contribution in [2.24, 2.45) is 0 Å². The topological polar surface area (TPSA) is 35.8 Å². The Morgan fingerprint density at radius 3 is 2.93 bits per heavy atom. The van der Waals surface area contributed by atoms with Gasteiger partial charge in [-0.25, -0.2) is 0 Å². The van der Waals surface area contributed by atoms with Gasteiger partial charge in [-0.1, -0.05) is 12.1 Å². The van der Waals surface area contributed by atoms with Crippen LogP contribution >= 0.6 is 11.3 Å². The molecule has 0 amide bonds. The van der Waals surface area contributed by atoms with Gasteiger partial charge in [0.1, 0.15) is 0 Å². The highest BCUT2D eigenvalue weighted by molar-refractivity contribution is 7.09. The van der Waals surface area contributed by atoms with Crippen LogP contribution in [-0.2, 0) is 6.54 Å². The van der Waals surface area contributed by atoms with Gasteiger partial charge in [0.15, 0.2) is 0 Å². The van der Waals surface area contributed by atoms with Crippen molar-refractivity contribution >= 4 is 17.0 Å². The van der Waals surface area contributed by atoms with E-state index in [-0.39, 0.29) is 0 Å². The average Bonchev–Trinajstić information content (AvgIpc) is 2.79. The molecule has 1 N–H and O–H groups in total. The minimum Gasteiger partial charge on any atom is -0.380 e. The molecule has 0 saturated heterocycles. The third kappa shape index (κ3) is 2.58. The van der Waals surface area contributed by atoms with E-state index in [1.807, 2.05) is 24.3 Å². The van der Waals surface area contributed by atoms with Crippen molar-refractivity contribution in [1.29, 1.82) is 5.26 Å². The highest BCUT2D eigenvalue weighted by Gasteiger charge is 1.95. The maximum Gasteiger partial charge on any atom is 0.0992 e. The van der Waals surface area contributed by atoms with E-state index in [4.69, 9.17) is 5.26 Å². The summed E-state index contributed by atoms with van der Waals surface area (Å²) in [6.45, 7) is 0.812. The van der Waals surface area contributed by atoms with Gasteiger partial charge < -0.3 is 5.32 Å². The molecule has 3 heteroatoms. The average molecular weight is 214 g/mol. The van der Waals surface area contributed by atoms with E-state index in [0.29, 0.717) is 5.56 Å². The van der Waals surface area contributed by atoms with Gasteiger partial charge in [0.2, 0.25) is 0 Å². The van der Waals surface area contributed by atoms with E-state index in [2.05, 4.69) is 22.8 Å². The number of hydrogen-bond acceptors (Lipinski definition) is 3. The Balaban J connectivity index is 2.02. The second-order valence-corrected chi connectivity index (χ2v) is 4.16. The monoisotopic (exact) mass is 214 g/mol. The second kappa shape index (κ2) is 4.63. The van der Waals surface area contributed by atoms with Crippen molar-refractivity contribution in [3.8, 4) is 6.07 Å². The molecule has 0 atom stereocenters. The van der Waals surface area contributed by atoms with Gasteiger partial charge in [-0.15, -0.1) is 11.3 Å². The Morgan fingerprint density at radius 1 is 1.27 bits per heavy atom. The molecular formula is C12H10N2S. The molecule has 0 radical (unpaired) electrons. The lowest BCUT2D eigenvalue weighted by molar-refractivity contribution is 1.19. The van der Waals surface area contributed by atoms with Crippen LogP contribution in [0.3, 0.4) is 0 Å². The predicted octanol–water partition coefficient (Wildman–Crippen LogP) is 3.23. The summed E-state index contributed by atoms with van der Waals surface area (Å²) in [5, 5.41) is 14.1. The molecule has 0 spiro atoms. The quantitative estimate of drug-likeness (QED) is 0.851. The molecule has 1 aromatic carbocycles. The molecule has 0 aliphatic heterocycles. The number of rotatable bonds is 3. The van der Waals surface area contributed by atoms with Crippen molar-refractivity contribution in [2.45, 2.75) is 6.54 Å². The predicted molar refractivity (Wildman–Crippen MR) is 62.8 cm³/mol. The zero-order chi connectivity index (χ0) is 10.5. The molecule has 2 nitrogen and oxygen atoms in total. The molecule has 1 aromatic heterocycles. The number of benzene rings is 1. The van der Waals surface area contributed by atoms with Gasteiger partial charge in [0.05, 0.1) is 11.6 Å². The van der Waals surface area contributed by atoms with Gasteiger partial charge in [-0.2, -0.15) is 5.26 Å². The number of hydrogen-bond donors (Lipinski definition) is 1. The second-order valence-electron chi connectivity index (χ2n) is 3.13. The van der Waals surface area contributed by atoms with E-state index in [0.717, 1.165) is 12.2 Å². The molecular weight excluding hydrogens is 204 g/mol. The maximum absolute atomic E-state index is 8.74. The van der Waals surface area contributed by atoms with Crippen LogP contribution in [-0.4, -0.2) is 0 Å². The normalized spacial score (nSPS) is 9.53. The summed E-state index contributed by atoms with van der Waals surface area (Å²) in [6.07, 6.45) is 0. The molecule has 0 fully saturated rings. The van der Waals surface area contributed by atoms with Crippen LogP contribution < -0.4 is 5.32 Å². The molecule has 2 aromatic rings. The minimum absolute atomic E-state index is 0.686. The van der Waals surface area contributed by atoms with Gasteiger partial charge in [-0.3, -0.25) is 0 Å². The lowest BCUT2D eigenvalue weighted by Gasteiger charge is -2.04. The van der Waals surface area contributed by atoms with Crippen LogP contribution in [0.5, 0.6) is 0 Å². The van der Waals surface area contributed by atoms with E-state index >= 15 is 0 Å². The molecule has 0 bridgehead atoms. The SMILES string of the molecule is N#Cc1cccc(NCc2cccs2)c1. The largest absolute Gasteiger partial charge is 0.380 e. The molecule has 15 heavy (non-hydrogen) atoms. The fourth-order valence-corrected chi connectivity index (χ4v) is 1.95. The zero-order valence-electron chi connectivity index (χ0n) is 8.10. The Morgan fingerprint density at radius 2 is 2.20 bits per heavy atom. The Labute approximate surface area is 92.8 Å². The third-order valence-corrected chi connectivity index (χ3v) is 2.91. The van der Waals surface area contributed by atoms with Crippen LogP contribution in [0.2, 0.25) is 0 Å². The summed E-state index contributed by atoms with van der Waals surface area (Å²) in [4.78, 5) is 1.29. The van der Waals surface area contributed by atoms with Crippen molar-refractivity contribution in [2.75, 3.05) is 5.32 Å². The summed E-state index contributed by atoms with van der Waals surface area (Å²) in [5.41, 5.74) is 1.67. The summed E-state index contributed by atoms with van der Waals surface area (Å²) in [5.74, 6) is 0. The standard InChI is InChI=1S/C12H10N2S/c13-8-10-3-1-4-11(7-10)14-9-12-5-2-6-15-12/h1-7,14H,9H2. The molecule has 2 rings (SSSR count). The summed E-state index contributed by atoms with van der Waals surface area (Å²) >= 11 is 1.72. The smallest absolute Gasteiger partial charge is 0.0992 e. The first-order chi connectivity index (χ1) is 7.38. The number of nitriles is 1. The molecule has 0 aliphatic carbocycles. The van der Waals surface area contributed by atoms with Crippen LogP contribution in [0.15, 0.2) is 41.8 Å². The number of anilines is 1. The molecule has 1 heterocycles. The lowest BCUT2D eigenvalue weighted by Crippen LogP contribution is -1.97. The minimum atomic E-state index is 0.686.